The lowest BCUT2D eigenvalue weighted by Crippen LogP contribution is -2.14. The van der Waals surface area contributed by atoms with Crippen LogP contribution in [0.4, 0.5) is 0 Å². The van der Waals surface area contributed by atoms with Crippen molar-refractivity contribution in [2.24, 2.45) is 0 Å². The van der Waals surface area contributed by atoms with E-state index in [1.807, 2.05) is 0 Å². The molecule has 1 unspecified atom stereocenters. The number of benzene rings is 1. The molecule has 2 rings (SSSR count). The molecule has 1 aromatic heterocycles. The third-order valence-electron chi connectivity index (χ3n) is 2.50. The summed E-state index contributed by atoms with van der Waals surface area (Å²) in [7, 11) is 0. The molecule has 1 atom stereocenters. The van der Waals surface area contributed by atoms with Crippen molar-refractivity contribution in [3.05, 3.63) is 58.1 Å². The van der Waals surface area contributed by atoms with Gasteiger partial charge >= 0.3 is 0 Å². The molecular weight excluding hydrogens is 252 g/mol. The highest BCUT2D eigenvalue weighted by Gasteiger charge is 2.22. The van der Waals surface area contributed by atoms with E-state index in [0.717, 1.165) is 12.3 Å². The van der Waals surface area contributed by atoms with Gasteiger partial charge in [-0.3, -0.25) is 9.59 Å². The first-order valence-corrected chi connectivity index (χ1v) is 5.32. The van der Waals surface area contributed by atoms with Crippen molar-refractivity contribution in [2.45, 2.75) is 6.10 Å². The number of aliphatic hydroxyl groups excluding tert-OH is 1. The fourth-order valence-electron chi connectivity index (χ4n) is 1.48. The van der Waals surface area contributed by atoms with Gasteiger partial charge in [-0.05, 0) is 24.3 Å². The molecule has 1 aromatic carbocycles. The van der Waals surface area contributed by atoms with E-state index in [9.17, 15) is 14.7 Å². The maximum absolute atomic E-state index is 11.9. The summed E-state index contributed by atoms with van der Waals surface area (Å²) in [5, 5.41) is 27.9. The van der Waals surface area contributed by atoms with E-state index in [1.54, 1.807) is 0 Å². The van der Waals surface area contributed by atoms with Crippen LogP contribution < -0.4 is 5.43 Å². The molecule has 6 nitrogen and oxygen atoms in total. The largest absolute Gasteiger partial charge is 0.508 e. The van der Waals surface area contributed by atoms with Gasteiger partial charge in [-0.1, -0.05) is 0 Å². The Morgan fingerprint density at radius 1 is 1.16 bits per heavy atom. The summed E-state index contributed by atoms with van der Waals surface area (Å²) in [4.78, 5) is 23.1. The Kier molecular flexibility index (Phi) is 3.35. The quantitative estimate of drug-likeness (QED) is 0.711. The van der Waals surface area contributed by atoms with E-state index in [0.29, 0.717) is 0 Å². The summed E-state index contributed by atoms with van der Waals surface area (Å²) in [6, 6.07) is 6.11. The first-order chi connectivity index (χ1) is 8.99. The number of Topliss-reactive ketones (excluding diaryl/α,β-unsaturated/α-hetero) is 1. The summed E-state index contributed by atoms with van der Waals surface area (Å²) in [6.07, 6.45) is -0.900. The van der Waals surface area contributed by atoms with Crippen LogP contribution in [0, 0.1) is 0 Å². The van der Waals surface area contributed by atoms with Crippen LogP contribution >= 0.6 is 0 Å². The Morgan fingerprint density at radius 3 is 2.37 bits per heavy atom. The molecular formula is C13H10O6. The number of aliphatic hydroxyl groups is 1. The summed E-state index contributed by atoms with van der Waals surface area (Å²) < 4.78 is 4.80. The van der Waals surface area contributed by atoms with E-state index < -0.39 is 23.1 Å². The molecule has 0 fully saturated rings. The number of rotatable bonds is 3. The second kappa shape index (κ2) is 4.95. The van der Waals surface area contributed by atoms with Gasteiger partial charge in [0.2, 0.25) is 5.43 Å². The number of ketones is 1. The van der Waals surface area contributed by atoms with Gasteiger partial charge in [-0.15, -0.1) is 0 Å². The Labute approximate surface area is 107 Å². The average Bonchev–Trinajstić information content (AvgIpc) is 2.41. The standard InChI is InChI=1S/C13H10O6/c14-8-3-1-7(2-4-8)12(17)13(18)11-5-9(15)10(16)6-19-11/h1-6,13-14,16,18H. The Hall–Kier alpha value is -2.60. The third-order valence-corrected chi connectivity index (χ3v) is 2.50. The van der Waals surface area contributed by atoms with Crippen LogP contribution in [0.15, 0.2) is 45.8 Å². The van der Waals surface area contributed by atoms with Crippen molar-refractivity contribution in [1.82, 2.24) is 0 Å². The van der Waals surface area contributed by atoms with Crippen LogP contribution in [0.1, 0.15) is 22.2 Å². The Bertz CT molecular complexity index is 656. The van der Waals surface area contributed by atoms with Crippen molar-refractivity contribution in [2.75, 3.05) is 0 Å². The summed E-state index contributed by atoms with van der Waals surface area (Å²) in [5.41, 5.74) is -0.597. The number of hydrogen-bond acceptors (Lipinski definition) is 6. The smallest absolute Gasteiger partial charge is 0.226 e. The minimum atomic E-state index is -1.65. The van der Waals surface area contributed by atoms with Gasteiger partial charge in [0.1, 0.15) is 17.8 Å². The molecule has 3 N–H and O–H groups in total. The van der Waals surface area contributed by atoms with Crippen LogP contribution in [0.2, 0.25) is 0 Å². The highest BCUT2D eigenvalue weighted by atomic mass is 16.4. The number of hydrogen-bond donors (Lipinski definition) is 3. The normalized spacial score (nSPS) is 12.1. The van der Waals surface area contributed by atoms with Crippen LogP contribution in [-0.2, 0) is 0 Å². The zero-order chi connectivity index (χ0) is 14.0. The molecule has 0 aliphatic rings. The number of carbonyl (C=O) groups is 1. The maximum Gasteiger partial charge on any atom is 0.226 e. The van der Waals surface area contributed by atoms with E-state index in [-0.39, 0.29) is 17.1 Å². The topological polar surface area (TPSA) is 108 Å². The molecule has 0 saturated heterocycles. The molecule has 1 heterocycles. The number of phenols is 1. The number of phenolic OH excluding ortho intramolecular Hbond substituents is 1. The van der Waals surface area contributed by atoms with Crippen LogP contribution in [0.3, 0.4) is 0 Å². The molecule has 19 heavy (non-hydrogen) atoms. The van der Waals surface area contributed by atoms with Crippen molar-refractivity contribution in [3.8, 4) is 11.5 Å². The second-order valence-electron chi connectivity index (χ2n) is 3.85. The zero-order valence-corrected chi connectivity index (χ0v) is 9.61. The van der Waals surface area contributed by atoms with Gasteiger partial charge in [0.15, 0.2) is 17.6 Å². The fraction of sp³-hybridized carbons (Fsp3) is 0.0769. The first kappa shape index (κ1) is 12.8. The molecule has 0 aliphatic heterocycles. The van der Waals surface area contributed by atoms with Crippen molar-refractivity contribution in [3.63, 3.8) is 0 Å². The minimum Gasteiger partial charge on any atom is -0.508 e. The molecule has 6 heteroatoms. The van der Waals surface area contributed by atoms with Gasteiger partial charge in [-0.2, -0.15) is 0 Å². The highest BCUT2D eigenvalue weighted by molar-refractivity contribution is 5.99. The van der Waals surface area contributed by atoms with Gasteiger partial charge in [0.25, 0.3) is 0 Å². The second-order valence-corrected chi connectivity index (χ2v) is 3.85. The predicted molar refractivity (Wildman–Crippen MR) is 64.0 cm³/mol. The SMILES string of the molecule is O=C(c1ccc(O)cc1)C(O)c1cc(=O)c(O)co1. The monoisotopic (exact) mass is 262 g/mol. The van der Waals surface area contributed by atoms with Gasteiger partial charge in [-0.25, -0.2) is 0 Å². The summed E-state index contributed by atoms with van der Waals surface area (Å²) in [6.45, 7) is 0. The van der Waals surface area contributed by atoms with Gasteiger partial charge in [0.05, 0.1) is 0 Å². The van der Waals surface area contributed by atoms with Crippen LogP contribution in [0.25, 0.3) is 0 Å². The Morgan fingerprint density at radius 2 is 1.79 bits per heavy atom. The average molecular weight is 262 g/mol. The highest BCUT2D eigenvalue weighted by Crippen LogP contribution is 2.20. The van der Waals surface area contributed by atoms with E-state index >= 15 is 0 Å². The lowest BCUT2D eigenvalue weighted by molar-refractivity contribution is 0.0697. The third kappa shape index (κ3) is 2.63. The molecule has 0 aliphatic carbocycles. The summed E-state index contributed by atoms with van der Waals surface area (Å²) in [5.74, 6) is -1.56. The molecule has 0 radical (unpaired) electrons. The van der Waals surface area contributed by atoms with E-state index in [1.165, 1.54) is 24.3 Å². The summed E-state index contributed by atoms with van der Waals surface area (Å²) >= 11 is 0. The lowest BCUT2D eigenvalue weighted by Gasteiger charge is -2.08. The molecule has 0 saturated carbocycles. The van der Waals surface area contributed by atoms with Crippen LogP contribution in [0.5, 0.6) is 11.5 Å². The Balaban J connectivity index is 2.30. The van der Waals surface area contributed by atoms with Gasteiger partial charge in [0, 0.05) is 11.6 Å². The molecule has 0 spiro atoms. The molecule has 98 valence electrons. The molecule has 0 bridgehead atoms. The van der Waals surface area contributed by atoms with Gasteiger partial charge < -0.3 is 19.7 Å². The number of carbonyl (C=O) groups excluding carboxylic acids is 1. The van der Waals surface area contributed by atoms with Crippen molar-refractivity contribution >= 4 is 5.78 Å². The zero-order valence-electron chi connectivity index (χ0n) is 9.61. The van der Waals surface area contributed by atoms with E-state index in [4.69, 9.17) is 14.6 Å². The van der Waals surface area contributed by atoms with Crippen molar-refractivity contribution in [1.29, 1.82) is 0 Å². The fourth-order valence-corrected chi connectivity index (χ4v) is 1.48. The maximum atomic E-state index is 11.9. The number of aromatic hydroxyl groups is 2. The first-order valence-electron chi connectivity index (χ1n) is 5.32. The molecule has 2 aromatic rings. The minimum absolute atomic E-state index is 0.0118. The molecule has 0 amide bonds. The van der Waals surface area contributed by atoms with E-state index in [2.05, 4.69) is 0 Å². The lowest BCUT2D eigenvalue weighted by atomic mass is 10.0. The van der Waals surface area contributed by atoms with Crippen LogP contribution in [-0.4, -0.2) is 21.1 Å². The predicted octanol–water partition coefficient (Wildman–Crippen LogP) is 0.967. The van der Waals surface area contributed by atoms with Crippen molar-refractivity contribution < 1.29 is 24.5 Å².